The number of Topliss-reactive ketones (excluding diaryl/α,β-unsaturated/α-hetero) is 1. The second-order valence-electron chi connectivity index (χ2n) is 4.70. The zero-order valence-corrected chi connectivity index (χ0v) is 9.37. The van der Waals surface area contributed by atoms with Gasteiger partial charge in [0.1, 0.15) is 0 Å². The van der Waals surface area contributed by atoms with Crippen molar-refractivity contribution >= 4 is 5.78 Å². The Kier molecular flexibility index (Phi) is 3.09. The van der Waals surface area contributed by atoms with Gasteiger partial charge >= 0.3 is 0 Å². The molecule has 3 nitrogen and oxygen atoms in total. The van der Waals surface area contributed by atoms with E-state index in [1.165, 1.54) is 0 Å². The van der Waals surface area contributed by atoms with Crippen LogP contribution in [0.25, 0.3) is 0 Å². The maximum atomic E-state index is 11.8. The van der Waals surface area contributed by atoms with Crippen LogP contribution in [0.1, 0.15) is 44.7 Å². The molecule has 0 saturated carbocycles. The number of carbonyl (C=O) groups is 1. The number of hydrogen-bond acceptors (Lipinski definition) is 2. The minimum Gasteiger partial charge on any atom is -0.329 e. The van der Waals surface area contributed by atoms with Crippen molar-refractivity contribution in [3.63, 3.8) is 0 Å². The first kappa shape index (κ1) is 11.0. The van der Waals surface area contributed by atoms with Gasteiger partial charge in [-0.1, -0.05) is 20.8 Å². The highest BCUT2D eigenvalue weighted by Crippen LogP contribution is 2.20. The molecule has 0 saturated heterocycles. The Labute approximate surface area is 85.2 Å². The predicted octanol–water partition coefficient (Wildman–Crippen LogP) is 2.52. The van der Waals surface area contributed by atoms with E-state index in [9.17, 15) is 4.79 Å². The molecule has 1 rings (SSSR count). The Morgan fingerprint density at radius 1 is 1.50 bits per heavy atom. The quantitative estimate of drug-likeness (QED) is 0.693. The second kappa shape index (κ2) is 3.95. The van der Waals surface area contributed by atoms with Gasteiger partial charge in [-0.05, 0) is 12.3 Å². The Balaban J connectivity index is 2.80. The van der Waals surface area contributed by atoms with Gasteiger partial charge in [-0.3, -0.25) is 4.79 Å². The molecule has 0 N–H and O–H groups in total. The molecule has 0 aliphatic heterocycles. The van der Waals surface area contributed by atoms with E-state index in [0.717, 1.165) is 6.54 Å². The van der Waals surface area contributed by atoms with Crippen LogP contribution in [0.2, 0.25) is 0 Å². The molecule has 0 bridgehead atoms. The fraction of sp³-hybridized carbons (Fsp3) is 0.636. The average molecular weight is 194 g/mol. The lowest BCUT2D eigenvalue weighted by molar-refractivity contribution is 0.0925. The third-order valence-corrected chi connectivity index (χ3v) is 2.00. The van der Waals surface area contributed by atoms with Crippen molar-refractivity contribution in [2.45, 2.75) is 40.7 Å². The fourth-order valence-electron chi connectivity index (χ4n) is 1.38. The van der Waals surface area contributed by atoms with Crippen LogP contribution in [0.5, 0.6) is 0 Å². The van der Waals surface area contributed by atoms with Crippen molar-refractivity contribution in [3.05, 3.63) is 18.2 Å². The molecule has 0 unspecified atom stereocenters. The van der Waals surface area contributed by atoms with Crippen molar-refractivity contribution < 1.29 is 4.79 Å². The van der Waals surface area contributed by atoms with Gasteiger partial charge in [-0.25, -0.2) is 4.98 Å². The molecule has 14 heavy (non-hydrogen) atoms. The van der Waals surface area contributed by atoms with Gasteiger partial charge in [0.25, 0.3) is 0 Å². The Morgan fingerprint density at radius 3 is 2.64 bits per heavy atom. The summed E-state index contributed by atoms with van der Waals surface area (Å²) in [6.45, 7) is 8.99. The van der Waals surface area contributed by atoms with E-state index in [1.54, 1.807) is 6.20 Å². The van der Waals surface area contributed by atoms with Gasteiger partial charge in [0, 0.05) is 25.4 Å². The van der Waals surface area contributed by atoms with Crippen LogP contribution in [-0.4, -0.2) is 15.3 Å². The largest absolute Gasteiger partial charge is 0.329 e. The number of imidazole rings is 1. The predicted molar refractivity (Wildman–Crippen MR) is 56.3 cm³/mol. The summed E-state index contributed by atoms with van der Waals surface area (Å²) < 4.78 is 1.88. The number of hydrogen-bond donors (Lipinski definition) is 0. The van der Waals surface area contributed by atoms with E-state index in [0.29, 0.717) is 12.2 Å². The van der Waals surface area contributed by atoms with Gasteiger partial charge in [-0.15, -0.1) is 0 Å². The minimum atomic E-state index is 0.0294. The smallest absolute Gasteiger partial charge is 0.198 e. The molecule has 1 aromatic heterocycles. The van der Waals surface area contributed by atoms with Crippen LogP contribution in [0.15, 0.2) is 12.4 Å². The third-order valence-electron chi connectivity index (χ3n) is 2.00. The first-order chi connectivity index (χ1) is 6.44. The van der Waals surface area contributed by atoms with Crippen LogP contribution in [-0.2, 0) is 6.54 Å². The number of nitrogens with zero attached hydrogens (tertiary/aromatic N) is 2. The van der Waals surface area contributed by atoms with E-state index in [-0.39, 0.29) is 11.2 Å². The molecule has 0 atom stereocenters. The first-order valence-corrected chi connectivity index (χ1v) is 4.98. The number of rotatable bonds is 3. The summed E-state index contributed by atoms with van der Waals surface area (Å²) in [7, 11) is 0. The summed E-state index contributed by atoms with van der Waals surface area (Å²) in [5, 5.41) is 0. The second-order valence-corrected chi connectivity index (χ2v) is 4.70. The van der Waals surface area contributed by atoms with Crippen molar-refractivity contribution in [3.8, 4) is 0 Å². The Bertz CT molecular complexity index is 320. The Hall–Kier alpha value is -1.12. The zero-order valence-electron chi connectivity index (χ0n) is 9.37. The molecule has 0 fully saturated rings. The first-order valence-electron chi connectivity index (χ1n) is 4.98. The number of ketones is 1. The molecular formula is C11H18N2O. The maximum absolute atomic E-state index is 11.8. The van der Waals surface area contributed by atoms with Gasteiger partial charge in [-0.2, -0.15) is 0 Å². The monoisotopic (exact) mass is 194 g/mol. The van der Waals surface area contributed by atoms with Crippen molar-refractivity contribution in [2.24, 2.45) is 5.41 Å². The average Bonchev–Trinajstić information content (AvgIpc) is 2.47. The van der Waals surface area contributed by atoms with Crippen molar-refractivity contribution in [1.29, 1.82) is 0 Å². The molecule has 0 aliphatic carbocycles. The summed E-state index contributed by atoms with van der Waals surface area (Å²) in [5.41, 5.74) is 0.0294. The lowest BCUT2D eigenvalue weighted by atomic mass is 9.90. The van der Waals surface area contributed by atoms with Crippen LogP contribution in [0.4, 0.5) is 0 Å². The van der Waals surface area contributed by atoms with Crippen molar-refractivity contribution in [1.82, 2.24) is 9.55 Å². The van der Waals surface area contributed by atoms with Gasteiger partial charge < -0.3 is 4.57 Å². The normalized spacial score (nSPS) is 11.7. The van der Waals surface area contributed by atoms with Gasteiger partial charge in [0.15, 0.2) is 11.6 Å². The number of aryl methyl sites for hydroxylation is 1. The summed E-state index contributed by atoms with van der Waals surface area (Å²) in [6.07, 6.45) is 4.07. The highest BCUT2D eigenvalue weighted by atomic mass is 16.1. The molecule has 0 radical (unpaired) electrons. The van der Waals surface area contributed by atoms with E-state index in [2.05, 4.69) is 25.8 Å². The molecule has 1 aromatic rings. The third kappa shape index (κ3) is 2.69. The van der Waals surface area contributed by atoms with Gasteiger partial charge in [0.2, 0.25) is 0 Å². The topological polar surface area (TPSA) is 34.9 Å². The van der Waals surface area contributed by atoms with Crippen LogP contribution < -0.4 is 0 Å². The van der Waals surface area contributed by atoms with Crippen LogP contribution in [0, 0.1) is 5.41 Å². The highest BCUT2D eigenvalue weighted by Gasteiger charge is 2.20. The standard InChI is InChI=1S/C11H18N2O/c1-5-13-7-6-12-10(13)9(14)8-11(2,3)4/h6-7H,5,8H2,1-4H3. The SMILES string of the molecule is CCn1ccnc1C(=O)CC(C)(C)C. The molecular weight excluding hydrogens is 176 g/mol. The van der Waals surface area contributed by atoms with E-state index in [4.69, 9.17) is 0 Å². The Morgan fingerprint density at radius 2 is 2.14 bits per heavy atom. The number of carbonyl (C=O) groups excluding carboxylic acids is 1. The number of aromatic nitrogens is 2. The lowest BCUT2D eigenvalue weighted by Crippen LogP contribution is -2.17. The summed E-state index contributed by atoms with van der Waals surface area (Å²) in [5.74, 6) is 0.715. The maximum Gasteiger partial charge on any atom is 0.198 e. The van der Waals surface area contributed by atoms with E-state index in [1.807, 2.05) is 17.7 Å². The highest BCUT2D eigenvalue weighted by molar-refractivity contribution is 5.93. The lowest BCUT2D eigenvalue weighted by Gasteiger charge is -2.16. The van der Waals surface area contributed by atoms with E-state index >= 15 is 0 Å². The van der Waals surface area contributed by atoms with Gasteiger partial charge in [0.05, 0.1) is 0 Å². The molecule has 3 heteroatoms. The van der Waals surface area contributed by atoms with Crippen LogP contribution in [0.3, 0.4) is 0 Å². The summed E-state index contributed by atoms with van der Waals surface area (Å²) in [4.78, 5) is 15.9. The minimum absolute atomic E-state index is 0.0294. The fourth-order valence-corrected chi connectivity index (χ4v) is 1.38. The molecule has 1 heterocycles. The zero-order chi connectivity index (χ0) is 10.8. The summed E-state index contributed by atoms with van der Waals surface area (Å²) >= 11 is 0. The molecule has 0 amide bonds. The molecule has 0 spiro atoms. The van der Waals surface area contributed by atoms with Crippen LogP contribution >= 0.6 is 0 Å². The molecule has 78 valence electrons. The molecule has 0 aromatic carbocycles. The molecule has 0 aliphatic rings. The van der Waals surface area contributed by atoms with Crippen molar-refractivity contribution in [2.75, 3.05) is 0 Å². The summed E-state index contributed by atoms with van der Waals surface area (Å²) in [6, 6.07) is 0. The van der Waals surface area contributed by atoms with E-state index < -0.39 is 0 Å².